The van der Waals surface area contributed by atoms with Crippen molar-refractivity contribution in [2.45, 2.75) is 59.4 Å². The first-order valence-corrected chi connectivity index (χ1v) is 8.27. The molecule has 0 N–H and O–H groups in total. The quantitative estimate of drug-likeness (QED) is 0.788. The van der Waals surface area contributed by atoms with Gasteiger partial charge in [-0.2, -0.15) is 0 Å². The van der Waals surface area contributed by atoms with E-state index < -0.39 is 0 Å². The van der Waals surface area contributed by atoms with E-state index in [1.54, 1.807) is 0 Å². The summed E-state index contributed by atoms with van der Waals surface area (Å²) >= 11 is 0. The predicted molar refractivity (Wildman–Crippen MR) is 85.8 cm³/mol. The molecule has 0 amide bonds. The summed E-state index contributed by atoms with van der Waals surface area (Å²) in [6, 6.07) is 4.43. The van der Waals surface area contributed by atoms with Crippen LogP contribution in [0.4, 0.5) is 0 Å². The zero-order valence-corrected chi connectivity index (χ0v) is 13.6. The van der Waals surface area contributed by atoms with Crippen LogP contribution in [0.3, 0.4) is 0 Å². The summed E-state index contributed by atoms with van der Waals surface area (Å²) in [6.07, 6.45) is 6.01. The summed E-state index contributed by atoms with van der Waals surface area (Å²) in [5, 5.41) is 0. The molecule has 1 aliphatic rings. The fraction of sp³-hybridized carbons (Fsp3) is 0.722. The van der Waals surface area contributed by atoms with Gasteiger partial charge >= 0.3 is 0 Å². The zero-order valence-electron chi connectivity index (χ0n) is 13.6. The van der Waals surface area contributed by atoms with Gasteiger partial charge in [0.2, 0.25) is 0 Å². The molecule has 0 saturated carbocycles. The second kappa shape index (κ2) is 7.21. The number of hydrogen-bond acceptors (Lipinski definition) is 2. The minimum absolute atomic E-state index is 0.591. The third-order valence-corrected chi connectivity index (χ3v) is 4.97. The lowest BCUT2D eigenvalue weighted by Gasteiger charge is -2.34. The molecule has 1 unspecified atom stereocenters. The highest BCUT2D eigenvalue weighted by Gasteiger charge is 2.23. The molecular formula is C18H30N2. The molecule has 2 heterocycles. The zero-order chi connectivity index (χ0) is 14.5. The van der Waals surface area contributed by atoms with Crippen LogP contribution in [-0.2, 0) is 6.54 Å². The maximum Gasteiger partial charge on any atom is 0.0546 e. The molecule has 112 valence electrons. The lowest BCUT2D eigenvalue weighted by Crippen LogP contribution is -2.35. The van der Waals surface area contributed by atoms with Gasteiger partial charge in [0, 0.05) is 12.7 Å². The molecule has 1 atom stereocenters. The van der Waals surface area contributed by atoms with E-state index in [9.17, 15) is 0 Å². The van der Waals surface area contributed by atoms with E-state index in [-0.39, 0.29) is 0 Å². The summed E-state index contributed by atoms with van der Waals surface area (Å²) in [5.74, 6) is 2.42. The first-order chi connectivity index (χ1) is 9.60. The lowest BCUT2D eigenvalue weighted by molar-refractivity contribution is 0.144. The number of aromatic nitrogens is 1. The Kier molecular flexibility index (Phi) is 5.59. The van der Waals surface area contributed by atoms with Gasteiger partial charge in [0.25, 0.3) is 0 Å². The van der Waals surface area contributed by atoms with Gasteiger partial charge in [-0.05, 0) is 61.4 Å². The Morgan fingerprint density at radius 3 is 2.55 bits per heavy atom. The molecule has 1 fully saturated rings. The molecule has 0 radical (unpaired) electrons. The molecule has 1 saturated heterocycles. The van der Waals surface area contributed by atoms with Gasteiger partial charge in [-0.3, -0.25) is 9.88 Å². The number of piperidine rings is 1. The van der Waals surface area contributed by atoms with Gasteiger partial charge in [0.1, 0.15) is 0 Å². The third-order valence-electron chi connectivity index (χ3n) is 4.97. The van der Waals surface area contributed by atoms with Crippen molar-refractivity contribution in [3.63, 3.8) is 0 Å². The minimum atomic E-state index is 0.591. The first-order valence-electron chi connectivity index (χ1n) is 8.27. The molecule has 20 heavy (non-hydrogen) atoms. The van der Waals surface area contributed by atoms with Crippen molar-refractivity contribution in [2.24, 2.45) is 11.8 Å². The third kappa shape index (κ3) is 4.05. The second-order valence-electron chi connectivity index (χ2n) is 6.73. The van der Waals surface area contributed by atoms with Crippen molar-refractivity contribution < 1.29 is 0 Å². The fourth-order valence-electron chi connectivity index (χ4n) is 3.18. The Morgan fingerprint density at radius 2 is 1.95 bits per heavy atom. The van der Waals surface area contributed by atoms with Crippen molar-refractivity contribution in [2.75, 3.05) is 13.1 Å². The van der Waals surface area contributed by atoms with Crippen LogP contribution in [0.2, 0.25) is 0 Å². The Balaban J connectivity index is 1.88. The summed E-state index contributed by atoms with van der Waals surface area (Å²) < 4.78 is 0. The van der Waals surface area contributed by atoms with Crippen LogP contribution < -0.4 is 0 Å². The molecular weight excluding hydrogens is 244 g/mol. The molecule has 0 spiro atoms. The topological polar surface area (TPSA) is 16.1 Å². The smallest absolute Gasteiger partial charge is 0.0546 e. The maximum absolute atomic E-state index is 4.54. The molecule has 2 heteroatoms. The normalized spacial score (nSPS) is 19.4. The van der Waals surface area contributed by atoms with Crippen LogP contribution in [0.15, 0.2) is 18.3 Å². The van der Waals surface area contributed by atoms with Crippen LogP contribution >= 0.6 is 0 Å². The Labute approximate surface area is 124 Å². The van der Waals surface area contributed by atoms with Crippen molar-refractivity contribution in [1.82, 2.24) is 9.88 Å². The average molecular weight is 274 g/mol. The monoisotopic (exact) mass is 274 g/mol. The van der Waals surface area contributed by atoms with Gasteiger partial charge in [-0.25, -0.2) is 0 Å². The highest BCUT2D eigenvalue weighted by atomic mass is 15.1. The summed E-state index contributed by atoms with van der Waals surface area (Å²) in [4.78, 5) is 7.12. The summed E-state index contributed by atoms with van der Waals surface area (Å²) in [7, 11) is 0. The van der Waals surface area contributed by atoms with Crippen LogP contribution in [0.1, 0.15) is 64.1 Å². The minimum Gasteiger partial charge on any atom is -0.297 e. The number of likely N-dealkylation sites (tertiary alicyclic amines) is 1. The summed E-state index contributed by atoms with van der Waals surface area (Å²) in [5.41, 5.74) is 2.64. The predicted octanol–water partition coefficient (Wildman–Crippen LogP) is 4.46. The molecule has 1 aliphatic heterocycles. The van der Waals surface area contributed by atoms with Crippen molar-refractivity contribution in [1.29, 1.82) is 0 Å². The largest absolute Gasteiger partial charge is 0.297 e. The first kappa shape index (κ1) is 15.5. The van der Waals surface area contributed by atoms with Crippen LogP contribution in [0.25, 0.3) is 0 Å². The Morgan fingerprint density at radius 1 is 1.25 bits per heavy atom. The molecule has 0 aromatic carbocycles. The highest BCUT2D eigenvalue weighted by molar-refractivity contribution is 5.19. The Bertz CT molecular complexity index is 406. The van der Waals surface area contributed by atoms with Gasteiger partial charge in [0.15, 0.2) is 0 Å². The van der Waals surface area contributed by atoms with Gasteiger partial charge in [0.05, 0.1) is 5.69 Å². The maximum atomic E-state index is 4.54. The lowest BCUT2D eigenvalue weighted by atomic mass is 9.84. The van der Waals surface area contributed by atoms with Gasteiger partial charge in [-0.1, -0.05) is 34.1 Å². The van der Waals surface area contributed by atoms with Gasteiger partial charge in [-0.15, -0.1) is 0 Å². The number of rotatable bonds is 5. The SMILES string of the molecule is CCC(C)C1CCN(Cc2cc(C(C)C)ccn2)CC1. The molecule has 0 aliphatic carbocycles. The molecule has 1 aromatic heterocycles. The fourth-order valence-corrected chi connectivity index (χ4v) is 3.18. The Hall–Kier alpha value is -0.890. The van der Waals surface area contributed by atoms with Crippen LogP contribution in [0.5, 0.6) is 0 Å². The summed E-state index contributed by atoms with van der Waals surface area (Å²) in [6.45, 7) is 12.7. The van der Waals surface area contributed by atoms with E-state index in [4.69, 9.17) is 0 Å². The average Bonchev–Trinajstić information content (AvgIpc) is 2.47. The molecule has 2 nitrogen and oxygen atoms in total. The number of nitrogens with zero attached hydrogens (tertiary/aromatic N) is 2. The van der Waals surface area contributed by atoms with Crippen LogP contribution in [0, 0.1) is 11.8 Å². The van der Waals surface area contributed by atoms with Crippen LogP contribution in [-0.4, -0.2) is 23.0 Å². The van der Waals surface area contributed by atoms with E-state index in [1.165, 1.54) is 43.6 Å². The molecule has 0 bridgehead atoms. The van der Waals surface area contributed by atoms with Gasteiger partial charge < -0.3 is 0 Å². The van der Waals surface area contributed by atoms with Crippen molar-refractivity contribution in [3.8, 4) is 0 Å². The van der Waals surface area contributed by atoms with E-state index in [0.29, 0.717) is 5.92 Å². The van der Waals surface area contributed by atoms with E-state index in [2.05, 4.69) is 49.7 Å². The number of hydrogen-bond donors (Lipinski definition) is 0. The van der Waals surface area contributed by atoms with Crippen molar-refractivity contribution in [3.05, 3.63) is 29.6 Å². The molecule has 2 rings (SSSR count). The molecule has 1 aromatic rings. The number of pyridine rings is 1. The second-order valence-corrected chi connectivity index (χ2v) is 6.73. The highest BCUT2D eigenvalue weighted by Crippen LogP contribution is 2.27. The standard InChI is InChI=1S/C18H30N2/c1-5-15(4)16-7-10-20(11-8-16)13-18-12-17(14(2)3)6-9-19-18/h6,9,12,14-16H,5,7-8,10-11,13H2,1-4H3. The van der Waals surface area contributed by atoms with E-state index in [1.807, 2.05) is 6.20 Å². The van der Waals surface area contributed by atoms with E-state index in [0.717, 1.165) is 18.4 Å². The van der Waals surface area contributed by atoms with Crippen molar-refractivity contribution >= 4 is 0 Å². The van der Waals surface area contributed by atoms with E-state index >= 15 is 0 Å².